The van der Waals surface area contributed by atoms with Crippen molar-refractivity contribution in [1.82, 2.24) is 19.8 Å². The normalized spacial score (nSPS) is 15.2. The predicted octanol–water partition coefficient (Wildman–Crippen LogP) is 3.65. The number of rotatable bonds is 3. The van der Waals surface area contributed by atoms with Gasteiger partial charge in [0, 0.05) is 56.0 Å². The van der Waals surface area contributed by atoms with Crippen LogP contribution in [0.3, 0.4) is 0 Å². The fourth-order valence-electron chi connectivity index (χ4n) is 3.26. The first kappa shape index (κ1) is 16.8. The molecule has 3 heterocycles. The molecule has 8 heteroatoms. The molecule has 3 aromatic rings. The third-order valence-corrected chi connectivity index (χ3v) is 4.56. The topological polar surface area (TPSA) is 47.1 Å². The van der Waals surface area contributed by atoms with Crippen LogP contribution in [0, 0.1) is 0 Å². The highest BCUT2D eigenvalue weighted by Gasteiger charge is 2.31. The summed E-state index contributed by atoms with van der Waals surface area (Å²) < 4.78 is 45.4. The molecule has 0 aliphatic carbocycles. The number of halogens is 3. The van der Waals surface area contributed by atoms with Gasteiger partial charge in [0.15, 0.2) is 0 Å². The van der Waals surface area contributed by atoms with Crippen molar-refractivity contribution >= 4 is 0 Å². The molecule has 0 bridgehead atoms. The quantitative estimate of drug-likeness (QED) is 0.714. The highest BCUT2D eigenvalue weighted by atomic mass is 19.4. The first-order valence-electron chi connectivity index (χ1n) is 8.25. The van der Waals surface area contributed by atoms with Crippen LogP contribution in [0.1, 0.15) is 22.5 Å². The molecule has 1 aromatic carbocycles. The van der Waals surface area contributed by atoms with Crippen molar-refractivity contribution in [2.24, 2.45) is 7.05 Å². The van der Waals surface area contributed by atoms with Gasteiger partial charge in [-0.15, -0.1) is 0 Å². The van der Waals surface area contributed by atoms with Crippen LogP contribution in [0.2, 0.25) is 0 Å². The van der Waals surface area contributed by atoms with E-state index in [9.17, 15) is 13.2 Å². The summed E-state index contributed by atoms with van der Waals surface area (Å²) in [5.74, 6) is 0.808. The zero-order valence-corrected chi connectivity index (χ0v) is 14.1. The Balaban J connectivity index is 1.56. The summed E-state index contributed by atoms with van der Waals surface area (Å²) in [5.41, 5.74) is 2.64. The Kier molecular flexibility index (Phi) is 4.07. The molecule has 26 heavy (non-hydrogen) atoms. The van der Waals surface area contributed by atoms with Gasteiger partial charge in [0.1, 0.15) is 11.5 Å². The second-order valence-corrected chi connectivity index (χ2v) is 6.49. The predicted molar refractivity (Wildman–Crippen MR) is 88.0 cm³/mol. The number of hydrogen-bond donors (Lipinski definition) is 0. The third kappa shape index (κ3) is 3.24. The number of hydrogen-bond acceptors (Lipinski definition) is 4. The van der Waals surface area contributed by atoms with Crippen LogP contribution in [0.4, 0.5) is 13.2 Å². The van der Waals surface area contributed by atoms with Gasteiger partial charge in [-0.25, -0.2) is 0 Å². The van der Waals surface area contributed by atoms with Crippen molar-refractivity contribution in [3.63, 3.8) is 0 Å². The lowest BCUT2D eigenvalue weighted by Gasteiger charge is -2.25. The van der Waals surface area contributed by atoms with Crippen LogP contribution in [-0.4, -0.2) is 26.4 Å². The Bertz CT molecular complexity index is 911. The number of aryl methyl sites for hydroxylation is 1. The van der Waals surface area contributed by atoms with E-state index in [2.05, 4.69) is 15.2 Å². The van der Waals surface area contributed by atoms with E-state index in [1.54, 1.807) is 4.68 Å². The molecule has 5 nitrogen and oxygen atoms in total. The van der Waals surface area contributed by atoms with Crippen LogP contribution in [0.25, 0.3) is 11.3 Å². The lowest BCUT2D eigenvalue weighted by atomic mass is 10.0. The average molecular weight is 362 g/mol. The molecule has 0 N–H and O–H groups in total. The Morgan fingerprint density at radius 3 is 2.62 bits per heavy atom. The fraction of sp³-hybridized carbons (Fsp3) is 0.333. The maximum Gasteiger partial charge on any atom is 0.416 e. The largest absolute Gasteiger partial charge is 0.416 e. The molecule has 4 rings (SSSR count). The molecule has 0 amide bonds. The van der Waals surface area contributed by atoms with Crippen LogP contribution >= 0.6 is 0 Å². The second-order valence-electron chi connectivity index (χ2n) is 6.49. The minimum atomic E-state index is -4.34. The van der Waals surface area contributed by atoms with Crippen molar-refractivity contribution in [1.29, 1.82) is 0 Å². The monoisotopic (exact) mass is 362 g/mol. The van der Waals surface area contributed by atoms with Crippen molar-refractivity contribution < 1.29 is 17.7 Å². The van der Waals surface area contributed by atoms with Crippen LogP contribution in [0.15, 0.2) is 41.2 Å². The Morgan fingerprint density at radius 2 is 1.96 bits per heavy atom. The number of benzene rings is 1. The van der Waals surface area contributed by atoms with E-state index in [1.165, 1.54) is 12.1 Å². The van der Waals surface area contributed by atoms with Gasteiger partial charge in [0.2, 0.25) is 0 Å². The van der Waals surface area contributed by atoms with Crippen molar-refractivity contribution in [3.05, 3.63) is 59.1 Å². The number of nitrogens with zero attached hydrogens (tertiary/aromatic N) is 4. The molecule has 0 atom stereocenters. The number of alkyl halides is 3. The molecule has 136 valence electrons. The third-order valence-electron chi connectivity index (χ3n) is 4.56. The van der Waals surface area contributed by atoms with E-state index < -0.39 is 11.7 Å². The van der Waals surface area contributed by atoms with Crippen molar-refractivity contribution in [2.75, 3.05) is 6.54 Å². The second kappa shape index (κ2) is 6.28. The summed E-state index contributed by atoms with van der Waals surface area (Å²) in [6.45, 7) is 2.23. The molecule has 0 saturated carbocycles. The lowest BCUT2D eigenvalue weighted by Crippen LogP contribution is -2.29. The smallest absolute Gasteiger partial charge is 0.360 e. The maximum absolute atomic E-state index is 12.7. The van der Waals surface area contributed by atoms with Gasteiger partial charge in [-0.2, -0.15) is 18.3 Å². The summed E-state index contributed by atoms with van der Waals surface area (Å²) >= 11 is 0. The summed E-state index contributed by atoms with van der Waals surface area (Å²) in [5, 5.41) is 8.28. The molecule has 0 radical (unpaired) electrons. The standard InChI is InChI=1S/C18H17F3N4O/c1-24-9-12(8-22-24)10-25-7-6-16-15(11-25)17(23-26-16)13-2-4-14(5-3-13)18(19,20)21/h2-5,8-9H,6-7,10-11H2,1H3. The SMILES string of the molecule is Cn1cc(CN2CCc3onc(-c4ccc(C(F)(F)F)cc4)c3C2)cn1. The fourth-order valence-corrected chi connectivity index (χ4v) is 3.26. The molecule has 1 aliphatic heterocycles. The van der Waals surface area contributed by atoms with E-state index in [1.807, 2.05) is 19.4 Å². The highest BCUT2D eigenvalue weighted by molar-refractivity contribution is 5.64. The van der Waals surface area contributed by atoms with Gasteiger partial charge in [-0.1, -0.05) is 17.3 Å². The van der Waals surface area contributed by atoms with Crippen LogP contribution in [0.5, 0.6) is 0 Å². The molecule has 0 fully saturated rings. The number of aromatic nitrogens is 3. The zero-order valence-electron chi connectivity index (χ0n) is 14.1. The molecule has 1 aliphatic rings. The maximum atomic E-state index is 12.7. The van der Waals surface area contributed by atoms with E-state index in [0.717, 1.165) is 48.5 Å². The highest BCUT2D eigenvalue weighted by Crippen LogP contribution is 2.33. The first-order valence-corrected chi connectivity index (χ1v) is 8.25. The Labute approximate surface area is 148 Å². The molecular weight excluding hydrogens is 345 g/mol. The van der Waals surface area contributed by atoms with Gasteiger partial charge in [-0.05, 0) is 12.1 Å². The molecule has 0 unspecified atom stereocenters. The molecular formula is C18H17F3N4O. The molecule has 0 saturated heterocycles. The van der Waals surface area contributed by atoms with Gasteiger partial charge in [-0.3, -0.25) is 9.58 Å². The summed E-state index contributed by atoms with van der Waals surface area (Å²) in [4.78, 5) is 2.25. The minimum Gasteiger partial charge on any atom is -0.360 e. The van der Waals surface area contributed by atoms with Gasteiger partial charge >= 0.3 is 6.18 Å². The average Bonchev–Trinajstić information content (AvgIpc) is 3.20. The molecule has 0 spiro atoms. The van der Waals surface area contributed by atoms with Gasteiger partial charge in [0.25, 0.3) is 0 Å². The number of fused-ring (bicyclic) bond motifs is 1. The van der Waals surface area contributed by atoms with Crippen LogP contribution in [-0.2, 0) is 32.7 Å². The first-order chi connectivity index (χ1) is 12.4. The summed E-state index contributed by atoms with van der Waals surface area (Å²) in [6, 6.07) is 5.04. The van der Waals surface area contributed by atoms with E-state index in [-0.39, 0.29) is 0 Å². The van der Waals surface area contributed by atoms with E-state index >= 15 is 0 Å². The van der Waals surface area contributed by atoms with E-state index in [0.29, 0.717) is 17.8 Å². The van der Waals surface area contributed by atoms with Gasteiger partial charge in [0.05, 0.1) is 11.8 Å². The Morgan fingerprint density at radius 1 is 1.19 bits per heavy atom. The zero-order chi connectivity index (χ0) is 18.3. The van der Waals surface area contributed by atoms with Gasteiger partial charge < -0.3 is 4.52 Å². The summed E-state index contributed by atoms with van der Waals surface area (Å²) in [7, 11) is 1.88. The minimum absolute atomic E-state index is 0.615. The Hall–Kier alpha value is -2.61. The van der Waals surface area contributed by atoms with Crippen molar-refractivity contribution in [2.45, 2.75) is 25.7 Å². The molecule has 2 aromatic heterocycles. The van der Waals surface area contributed by atoms with E-state index in [4.69, 9.17) is 4.52 Å². The lowest BCUT2D eigenvalue weighted by molar-refractivity contribution is -0.137. The van der Waals surface area contributed by atoms with Crippen LogP contribution < -0.4 is 0 Å². The van der Waals surface area contributed by atoms with Crippen molar-refractivity contribution in [3.8, 4) is 11.3 Å². The summed E-state index contributed by atoms with van der Waals surface area (Å²) in [6.07, 6.45) is 0.186.